The molecule has 0 heterocycles. The van der Waals surface area contributed by atoms with Crippen LogP contribution >= 0.6 is 0 Å². The summed E-state index contributed by atoms with van der Waals surface area (Å²) >= 11 is 0. The second-order valence-corrected chi connectivity index (χ2v) is 4.41. The second kappa shape index (κ2) is 8.30. The van der Waals surface area contributed by atoms with E-state index in [4.69, 9.17) is 10.2 Å². The number of hydrogen-bond acceptors (Lipinski definition) is 4. The van der Waals surface area contributed by atoms with E-state index in [0.29, 0.717) is 0 Å². The molecule has 0 aromatic carbocycles. The van der Waals surface area contributed by atoms with Gasteiger partial charge in [0.1, 0.15) is 12.1 Å². The maximum atomic E-state index is 11.5. The molecule has 0 aliphatic rings. The van der Waals surface area contributed by atoms with Gasteiger partial charge in [-0.05, 0) is 20.8 Å². The monoisotopic (exact) mass is 275 g/mol. The molecule has 1 unspecified atom stereocenters. The number of carbonyl (C=O) groups excluding carboxylic acids is 2. The largest absolute Gasteiger partial charge is 0.480 e. The van der Waals surface area contributed by atoms with Gasteiger partial charge in [0.25, 0.3) is 0 Å². The third-order valence-corrected chi connectivity index (χ3v) is 2.19. The van der Waals surface area contributed by atoms with Gasteiger partial charge in [0.2, 0.25) is 5.91 Å². The number of carbonyl (C=O) groups is 3. The van der Waals surface area contributed by atoms with Crippen LogP contribution in [0.2, 0.25) is 0 Å². The molecule has 0 spiro atoms. The van der Waals surface area contributed by atoms with Gasteiger partial charge in [-0.1, -0.05) is 0 Å². The predicted octanol–water partition coefficient (Wildman–Crippen LogP) is -0.966. The first-order valence-corrected chi connectivity index (χ1v) is 5.99. The van der Waals surface area contributed by atoms with Crippen molar-refractivity contribution in [2.45, 2.75) is 45.3 Å². The van der Waals surface area contributed by atoms with Gasteiger partial charge in [-0.25, -0.2) is 9.59 Å². The summed E-state index contributed by atoms with van der Waals surface area (Å²) in [6.07, 6.45) is -0.102. The van der Waals surface area contributed by atoms with Gasteiger partial charge in [-0.15, -0.1) is 0 Å². The van der Waals surface area contributed by atoms with Crippen molar-refractivity contribution in [2.24, 2.45) is 0 Å². The van der Waals surface area contributed by atoms with E-state index in [-0.39, 0.29) is 25.0 Å². The minimum atomic E-state index is -1.25. The summed E-state index contributed by atoms with van der Waals surface area (Å²) in [6, 6.07) is -2.80. The van der Waals surface area contributed by atoms with Crippen molar-refractivity contribution in [3.05, 3.63) is 0 Å². The minimum absolute atomic E-state index is 0.0547. The molecule has 0 saturated carbocycles. The number of urea groups is 1. The minimum Gasteiger partial charge on any atom is -0.480 e. The summed E-state index contributed by atoms with van der Waals surface area (Å²) in [4.78, 5) is 33.8. The molecule has 2 atom stereocenters. The topological polar surface area (TPSA) is 128 Å². The van der Waals surface area contributed by atoms with Crippen molar-refractivity contribution in [1.82, 2.24) is 16.0 Å². The molecule has 0 rings (SSSR count). The summed E-state index contributed by atoms with van der Waals surface area (Å²) in [7, 11) is 0. The Balaban J connectivity index is 4.28. The van der Waals surface area contributed by atoms with Crippen LogP contribution in [0.4, 0.5) is 4.79 Å². The number of carboxylic acid groups (broad SMARTS) is 1. The van der Waals surface area contributed by atoms with E-state index in [1.165, 1.54) is 6.92 Å². The van der Waals surface area contributed by atoms with Crippen LogP contribution in [0.25, 0.3) is 0 Å². The summed E-state index contributed by atoms with van der Waals surface area (Å²) in [5.41, 5.74) is 0. The average Bonchev–Trinajstić information content (AvgIpc) is 2.27. The number of aliphatic hydroxyl groups is 1. The zero-order valence-electron chi connectivity index (χ0n) is 11.3. The Morgan fingerprint density at radius 1 is 1.05 bits per heavy atom. The standard InChI is InChI=1S/C11H21N3O5/c1-6(2)12-9(16)7(3)13-11(19)14-8(4-5-15)10(17)18/h6-8,15H,4-5H2,1-3H3,(H,12,16)(H,17,18)(H2,13,14,19)/t7?,8-/m1/s1. The van der Waals surface area contributed by atoms with Crippen LogP contribution in [0.15, 0.2) is 0 Å². The summed E-state index contributed by atoms with van der Waals surface area (Å²) in [5.74, 6) is -1.61. The molecule has 0 aromatic rings. The number of amides is 3. The third kappa shape index (κ3) is 7.24. The van der Waals surface area contributed by atoms with Crippen molar-refractivity contribution in [3.8, 4) is 0 Å². The summed E-state index contributed by atoms with van der Waals surface area (Å²) < 4.78 is 0. The molecule has 0 aliphatic carbocycles. The number of carboxylic acids is 1. The molecule has 3 amide bonds. The van der Waals surface area contributed by atoms with E-state index in [1.54, 1.807) is 13.8 Å². The molecule has 0 fully saturated rings. The Labute approximate surface area is 111 Å². The SMILES string of the molecule is CC(C)NC(=O)C(C)NC(=O)N[C@H](CCO)C(=O)O. The van der Waals surface area contributed by atoms with Gasteiger partial charge in [0.15, 0.2) is 0 Å². The number of rotatable bonds is 7. The lowest BCUT2D eigenvalue weighted by molar-refractivity contribution is -0.139. The van der Waals surface area contributed by atoms with Crippen LogP contribution in [0.1, 0.15) is 27.2 Å². The Bertz CT molecular complexity index is 332. The number of aliphatic hydroxyl groups excluding tert-OH is 1. The first-order chi connectivity index (χ1) is 8.77. The molecular formula is C11H21N3O5. The first kappa shape index (κ1) is 17.2. The fourth-order valence-corrected chi connectivity index (χ4v) is 1.26. The average molecular weight is 275 g/mol. The van der Waals surface area contributed by atoms with E-state index in [1.807, 2.05) is 0 Å². The van der Waals surface area contributed by atoms with Gasteiger partial charge in [0.05, 0.1) is 0 Å². The predicted molar refractivity (Wildman–Crippen MR) is 67.5 cm³/mol. The van der Waals surface area contributed by atoms with E-state index in [0.717, 1.165) is 0 Å². The Morgan fingerprint density at radius 2 is 1.63 bits per heavy atom. The molecule has 5 N–H and O–H groups in total. The quantitative estimate of drug-likeness (QED) is 0.408. The fraction of sp³-hybridized carbons (Fsp3) is 0.727. The van der Waals surface area contributed by atoms with Crippen LogP contribution in [-0.2, 0) is 9.59 Å². The van der Waals surface area contributed by atoms with E-state index >= 15 is 0 Å². The molecule has 0 saturated heterocycles. The summed E-state index contributed by atoms with van der Waals surface area (Å²) in [5, 5.41) is 24.6. The van der Waals surface area contributed by atoms with Crippen LogP contribution < -0.4 is 16.0 Å². The van der Waals surface area contributed by atoms with Crippen molar-refractivity contribution in [1.29, 1.82) is 0 Å². The smallest absolute Gasteiger partial charge is 0.326 e. The maximum absolute atomic E-state index is 11.5. The van der Waals surface area contributed by atoms with Crippen molar-refractivity contribution >= 4 is 17.9 Å². The molecule has 0 radical (unpaired) electrons. The number of nitrogens with one attached hydrogen (secondary N) is 3. The lowest BCUT2D eigenvalue weighted by Gasteiger charge is -2.18. The molecule has 110 valence electrons. The molecule has 0 aliphatic heterocycles. The first-order valence-electron chi connectivity index (χ1n) is 5.99. The molecule has 0 bridgehead atoms. The van der Waals surface area contributed by atoms with Gasteiger partial charge in [0, 0.05) is 19.1 Å². The highest BCUT2D eigenvalue weighted by Crippen LogP contribution is 1.92. The fourth-order valence-electron chi connectivity index (χ4n) is 1.26. The van der Waals surface area contributed by atoms with Gasteiger partial charge in [-0.2, -0.15) is 0 Å². The van der Waals surface area contributed by atoms with Crippen LogP contribution in [0, 0.1) is 0 Å². The Kier molecular flexibility index (Phi) is 7.50. The van der Waals surface area contributed by atoms with Gasteiger partial charge < -0.3 is 26.2 Å². The Morgan fingerprint density at radius 3 is 2.05 bits per heavy atom. The van der Waals surface area contributed by atoms with Crippen LogP contribution in [0.5, 0.6) is 0 Å². The molecule has 0 aromatic heterocycles. The van der Waals surface area contributed by atoms with E-state index in [2.05, 4.69) is 16.0 Å². The van der Waals surface area contributed by atoms with Crippen molar-refractivity contribution < 1.29 is 24.6 Å². The van der Waals surface area contributed by atoms with Crippen molar-refractivity contribution in [3.63, 3.8) is 0 Å². The molecular weight excluding hydrogens is 254 g/mol. The molecule has 8 heteroatoms. The van der Waals surface area contributed by atoms with E-state index in [9.17, 15) is 14.4 Å². The second-order valence-electron chi connectivity index (χ2n) is 4.41. The van der Waals surface area contributed by atoms with E-state index < -0.39 is 24.1 Å². The normalized spacial score (nSPS) is 13.5. The van der Waals surface area contributed by atoms with Gasteiger partial charge >= 0.3 is 12.0 Å². The highest BCUT2D eigenvalue weighted by molar-refractivity contribution is 5.88. The van der Waals surface area contributed by atoms with Crippen LogP contribution in [-0.4, -0.2) is 52.9 Å². The lowest BCUT2D eigenvalue weighted by atomic mass is 10.2. The zero-order valence-corrected chi connectivity index (χ0v) is 11.3. The molecule has 8 nitrogen and oxygen atoms in total. The molecule has 19 heavy (non-hydrogen) atoms. The maximum Gasteiger partial charge on any atom is 0.326 e. The van der Waals surface area contributed by atoms with Crippen LogP contribution in [0.3, 0.4) is 0 Å². The summed E-state index contributed by atoms with van der Waals surface area (Å²) in [6.45, 7) is 4.69. The number of aliphatic carboxylic acids is 1. The lowest BCUT2D eigenvalue weighted by Crippen LogP contribution is -2.53. The highest BCUT2D eigenvalue weighted by atomic mass is 16.4. The highest BCUT2D eigenvalue weighted by Gasteiger charge is 2.21. The number of hydrogen-bond donors (Lipinski definition) is 5. The zero-order chi connectivity index (χ0) is 15.0. The third-order valence-electron chi connectivity index (χ3n) is 2.19. The Hall–Kier alpha value is -1.83. The van der Waals surface area contributed by atoms with Gasteiger partial charge in [-0.3, -0.25) is 4.79 Å². The van der Waals surface area contributed by atoms with Crippen molar-refractivity contribution in [2.75, 3.05) is 6.61 Å².